The minimum atomic E-state index is -0.481. The summed E-state index contributed by atoms with van der Waals surface area (Å²) in [5, 5.41) is 17.1. The fourth-order valence-electron chi connectivity index (χ4n) is 7.45. The first-order valence-electron chi connectivity index (χ1n) is 16.9. The fraction of sp³-hybridized carbons (Fsp3) is 0.526. The van der Waals surface area contributed by atoms with Crippen LogP contribution in [0, 0.1) is 23.2 Å². The Morgan fingerprint density at radius 1 is 1.09 bits per heavy atom. The van der Waals surface area contributed by atoms with Crippen molar-refractivity contribution in [1.82, 2.24) is 15.6 Å². The van der Waals surface area contributed by atoms with Gasteiger partial charge in [-0.15, -0.1) is 0 Å². The molecule has 8 nitrogen and oxygen atoms in total. The minimum absolute atomic E-state index is 0.0192. The second-order valence-electron chi connectivity index (χ2n) is 13.2. The number of hydrogen-bond donors (Lipinski definition) is 4. The van der Waals surface area contributed by atoms with Gasteiger partial charge in [-0.1, -0.05) is 50.2 Å². The molecular formula is C38H49N3O5. The van der Waals surface area contributed by atoms with Gasteiger partial charge in [0.2, 0.25) is 0 Å². The van der Waals surface area contributed by atoms with Crippen LogP contribution < -0.4 is 15.4 Å². The molecule has 0 amide bonds. The van der Waals surface area contributed by atoms with Crippen molar-refractivity contribution in [1.29, 1.82) is 0 Å². The summed E-state index contributed by atoms with van der Waals surface area (Å²) in [6, 6.07) is 5.09. The van der Waals surface area contributed by atoms with Gasteiger partial charge in [0.25, 0.3) is 0 Å². The molecule has 8 heteroatoms. The zero-order valence-corrected chi connectivity index (χ0v) is 27.5. The smallest absolute Gasteiger partial charge is 0.302 e. The number of carbonyl (C=O) groups excluding carboxylic acids is 2. The molecule has 1 spiro atoms. The lowest BCUT2D eigenvalue weighted by Gasteiger charge is -2.34. The molecule has 46 heavy (non-hydrogen) atoms. The van der Waals surface area contributed by atoms with E-state index in [1.165, 1.54) is 56.4 Å². The van der Waals surface area contributed by atoms with Crippen molar-refractivity contribution in [3.63, 3.8) is 0 Å². The second-order valence-corrected chi connectivity index (χ2v) is 13.2. The van der Waals surface area contributed by atoms with E-state index in [1.807, 2.05) is 0 Å². The summed E-state index contributed by atoms with van der Waals surface area (Å²) >= 11 is 0. The van der Waals surface area contributed by atoms with Gasteiger partial charge < -0.3 is 30.2 Å². The number of nitrogens with one attached hydrogen (secondary N) is 3. The number of methoxy groups -OCH3 is 1. The van der Waals surface area contributed by atoms with Crippen molar-refractivity contribution in [2.24, 2.45) is 11.3 Å². The number of aromatic hydroxyl groups is 1. The highest BCUT2D eigenvalue weighted by atomic mass is 16.5. The summed E-state index contributed by atoms with van der Waals surface area (Å²) in [4.78, 5) is 29.0. The van der Waals surface area contributed by atoms with Crippen molar-refractivity contribution >= 4 is 11.8 Å². The Labute approximate surface area is 273 Å². The predicted molar refractivity (Wildman–Crippen MR) is 179 cm³/mol. The number of carbonyl (C=O) groups is 2. The van der Waals surface area contributed by atoms with Gasteiger partial charge in [0, 0.05) is 38.7 Å². The standard InChI is InChI=1S/C38H49N3O5/c1-4-27-9-11-34(46-26(2)42)22-33(43)19-28(29-10-12-35(44)36(20-29)45-3)8-7-16-40-37-21-32(13-17-41-37)38(14-5-6-15-38)23-31-25-39-24-30(31)18-27/h10,12-13,20-21,24-25,27-28,34,39-41,44H,4-6,9,11,14-19,22-23H2,1-3H3. The topological polar surface area (TPSA) is 113 Å². The number of aromatic amines is 1. The lowest BCUT2D eigenvalue weighted by Crippen LogP contribution is -2.33. The van der Waals surface area contributed by atoms with E-state index in [2.05, 4.69) is 58.9 Å². The van der Waals surface area contributed by atoms with E-state index >= 15 is 0 Å². The monoisotopic (exact) mass is 627 g/mol. The van der Waals surface area contributed by atoms with Crippen LogP contribution in [0.25, 0.3) is 0 Å². The van der Waals surface area contributed by atoms with Gasteiger partial charge in [0.05, 0.1) is 25.4 Å². The number of esters is 1. The number of benzene rings is 1. The lowest BCUT2D eigenvalue weighted by atomic mass is 9.72. The average Bonchev–Trinajstić information content (AvgIpc) is 3.70. The molecule has 3 aliphatic rings. The predicted octanol–water partition coefficient (Wildman–Crippen LogP) is 6.22. The molecule has 1 fully saturated rings. The van der Waals surface area contributed by atoms with E-state index in [-0.39, 0.29) is 35.8 Å². The van der Waals surface area contributed by atoms with Crippen LogP contribution in [-0.4, -0.2) is 48.1 Å². The molecule has 1 aromatic carbocycles. The molecule has 1 aliphatic carbocycles. The van der Waals surface area contributed by atoms with Crippen LogP contribution in [-0.2, 0) is 27.2 Å². The maximum atomic E-state index is 13.5. The zero-order valence-electron chi connectivity index (χ0n) is 27.5. The Balaban J connectivity index is 1.47. The molecule has 246 valence electrons. The first kappa shape index (κ1) is 33.2. The van der Waals surface area contributed by atoms with Gasteiger partial charge in [0.1, 0.15) is 11.9 Å². The molecule has 0 radical (unpaired) electrons. The summed E-state index contributed by atoms with van der Waals surface area (Å²) in [5.41, 5.74) is 5.07. The number of fused-ring (bicyclic) bond motifs is 3. The molecule has 3 atom stereocenters. The molecular weight excluding hydrogens is 578 g/mol. The highest BCUT2D eigenvalue weighted by Gasteiger charge is 2.38. The number of Topliss-reactive ketones (excluding diaryl/α,β-unsaturated/α-hetero) is 1. The first-order valence-corrected chi connectivity index (χ1v) is 16.9. The third kappa shape index (κ3) is 8.37. The Morgan fingerprint density at radius 2 is 1.89 bits per heavy atom. The van der Waals surface area contributed by atoms with E-state index < -0.39 is 12.0 Å². The van der Waals surface area contributed by atoms with Gasteiger partial charge in [-0.25, -0.2) is 0 Å². The lowest BCUT2D eigenvalue weighted by molar-refractivity contribution is -0.148. The summed E-state index contributed by atoms with van der Waals surface area (Å²) in [6.07, 6.45) is 18.1. The quantitative estimate of drug-likeness (QED) is 0.235. The Morgan fingerprint density at radius 3 is 2.65 bits per heavy atom. The zero-order chi connectivity index (χ0) is 32.5. The van der Waals surface area contributed by atoms with Crippen molar-refractivity contribution in [3.05, 3.63) is 70.8 Å². The molecule has 2 aromatic rings. The van der Waals surface area contributed by atoms with Crippen LogP contribution in [0.15, 0.2) is 54.1 Å². The molecule has 1 saturated carbocycles. The number of ketones is 1. The maximum absolute atomic E-state index is 13.5. The Hall–Kier alpha value is -4.12. The van der Waals surface area contributed by atoms with Crippen molar-refractivity contribution in [2.75, 3.05) is 20.2 Å². The van der Waals surface area contributed by atoms with Crippen LogP contribution in [0.2, 0.25) is 0 Å². The molecule has 4 N–H and O–H groups in total. The first-order chi connectivity index (χ1) is 22.3. The molecule has 0 saturated heterocycles. The van der Waals surface area contributed by atoms with Crippen LogP contribution in [0.1, 0.15) is 94.2 Å². The Kier molecular flexibility index (Phi) is 11.2. The summed E-state index contributed by atoms with van der Waals surface area (Å²) in [7, 11) is 1.50. The van der Waals surface area contributed by atoms with E-state index in [0.717, 1.165) is 43.6 Å². The third-order valence-electron chi connectivity index (χ3n) is 10.00. The van der Waals surface area contributed by atoms with Gasteiger partial charge in [0.15, 0.2) is 11.5 Å². The van der Waals surface area contributed by atoms with E-state index in [1.54, 1.807) is 18.2 Å². The number of aromatic nitrogens is 1. The minimum Gasteiger partial charge on any atom is -0.504 e. The number of hydrogen-bond acceptors (Lipinski definition) is 7. The molecule has 2 bridgehead atoms. The average molecular weight is 628 g/mol. The highest BCUT2D eigenvalue weighted by molar-refractivity contribution is 5.80. The van der Waals surface area contributed by atoms with E-state index in [4.69, 9.17) is 9.47 Å². The number of allylic oxidation sites excluding steroid dienone is 2. The van der Waals surface area contributed by atoms with Gasteiger partial charge in [-0.05, 0) is 90.3 Å². The summed E-state index contributed by atoms with van der Waals surface area (Å²) < 4.78 is 11.0. The van der Waals surface area contributed by atoms with Crippen LogP contribution in [0.5, 0.6) is 11.5 Å². The van der Waals surface area contributed by atoms with Crippen LogP contribution in [0.3, 0.4) is 0 Å². The maximum Gasteiger partial charge on any atom is 0.302 e. The van der Waals surface area contributed by atoms with E-state index in [0.29, 0.717) is 24.6 Å². The molecule has 3 unspecified atom stereocenters. The number of dihydropyridines is 1. The third-order valence-corrected chi connectivity index (χ3v) is 10.00. The molecule has 3 heterocycles. The largest absolute Gasteiger partial charge is 0.504 e. The van der Waals surface area contributed by atoms with Crippen molar-refractivity contribution in [2.45, 2.75) is 96.5 Å². The SMILES string of the molecule is CCC1CCC(OC(C)=O)CC(=O)CC(c2ccc(O)c(OC)c2)C#CCNC2=CC(=CCN2)C2(CCCC2)Cc2c[nH]cc2C1. The van der Waals surface area contributed by atoms with Crippen molar-refractivity contribution in [3.8, 4) is 23.3 Å². The second kappa shape index (κ2) is 15.4. The number of phenols is 1. The van der Waals surface area contributed by atoms with E-state index in [9.17, 15) is 14.7 Å². The molecule has 2 aliphatic heterocycles. The fourth-order valence-corrected chi connectivity index (χ4v) is 7.45. The molecule has 5 rings (SSSR count). The van der Waals surface area contributed by atoms with Gasteiger partial charge in [-0.3, -0.25) is 9.59 Å². The highest BCUT2D eigenvalue weighted by Crippen LogP contribution is 2.48. The number of phenolic OH excluding ortho intramolecular Hbond substituents is 1. The van der Waals surface area contributed by atoms with Gasteiger partial charge >= 0.3 is 5.97 Å². The normalized spacial score (nSPS) is 23.8. The summed E-state index contributed by atoms with van der Waals surface area (Å²) in [5.74, 6) is 7.51. The summed E-state index contributed by atoms with van der Waals surface area (Å²) in [6.45, 7) is 4.81. The molecule has 1 aromatic heterocycles. The number of ether oxygens (including phenoxy) is 2. The van der Waals surface area contributed by atoms with Crippen LogP contribution >= 0.6 is 0 Å². The number of rotatable bonds is 4. The van der Waals surface area contributed by atoms with Crippen LogP contribution in [0.4, 0.5) is 0 Å². The number of H-pyrrole nitrogens is 1. The van der Waals surface area contributed by atoms with Gasteiger partial charge in [-0.2, -0.15) is 0 Å². The Bertz CT molecular complexity index is 1500. The van der Waals surface area contributed by atoms with Crippen molar-refractivity contribution < 1.29 is 24.2 Å².